The second-order valence-corrected chi connectivity index (χ2v) is 9.49. The summed E-state index contributed by atoms with van der Waals surface area (Å²) in [5, 5.41) is 0. The quantitative estimate of drug-likeness (QED) is 0.107. The Bertz CT molecular complexity index is 415. The maximum absolute atomic E-state index is 10.8. The van der Waals surface area contributed by atoms with Crippen molar-refractivity contribution in [2.75, 3.05) is 6.61 Å². The van der Waals surface area contributed by atoms with E-state index in [-0.39, 0.29) is 42.1 Å². The summed E-state index contributed by atoms with van der Waals surface area (Å²) in [6.45, 7) is 4.54. The predicted octanol–water partition coefficient (Wildman–Crippen LogP) is 4.54. The second kappa shape index (κ2) is 23.5. The first-order valence-electron chi connectivity index (χ1n) is 12.1. The zero-order chi connectivity index (χ0) is 20.9. The van der Waals surface area contributed by atoms with E-state index in [4.69, 9.17) is 0 Å². The molecule has 1 atom stereocenters. The van der Waals surface area contributed by atoms with Crippen LogP contribution in [0.3, 0.4) is 0 Å². The molecule has 0 bridgehead atoms. The molecule has 6 heteroatoms. The average Bonchev–Trinajstić information content (AvgIpc) is 2.65. The number of unbranched alkanes of at least 4 members (excludes halogenated alkanes) is 15. The fraction of sp³-hybridized carbons (Fsp3) is 1.00. The van der Waals surface area contributed by atoms with Crippen LogP contribution in [0, 0.1) is 5.92 Å². The molecule has 0 saturated carbocycles. The maximum Gasteiger partial charge on any atom is 1.00 e. The number of rotatable bonds is 22. The van der Waals surface area contributed by atoms with E-state index in [1.54, 1.807) is 0 Å². The van der Waals surface area contributed by atoms with Gasteiger partial charge in [0.1, 0.15) is 0 Å². The smallest absolute Gasteiger partial charge is 0.726 e. The maximum atomic E-state index is 10.8. The predicted molar refractivity (Wildman–Crippen MR) is 118 cm³/mol. The molecule has 0 aliphatic carbocycles. The third-order valence-corrected chi connectivity index (χ3v) is 6.05. The van der Waals surface area contributed by atoms with E-state index in [0.717, 1.165) is 25.7 Å². The molecule has 0 aliphatic rings. The van der Waals surface area contributed by atoms with Gasteiger partial charge in [-0.2, -0.15) is 0 Å². The summed E-state index contributed by atoms with van der Waals surface area (Å²) < 4.78 is 36.9. The van der Waals surface area contributed by atoms with Crippen LogP contribution in [0.25, 0.3) is 0 Å². The minimum absolute atomic E-state index is 0. The van der Waals surface area contributed by atoms with Crippen LogP contribution in [0.1, 0.15) is 136 Å². The summed E-state index contributed by atoms with van der Waals surface area (Å²) in [4.78, 5) is 0. The van der Waals surface area contributed by atoms with Gasteiger partial charge in [0.15, 0.2) is 0 Å². The molecule has 0 heterocycles. The van der Waals surface area contributed by atoms with Crippen molar-refractivity contribution in [2.24, 2.45) is 5.92 Å². The van der Waals surface area contributed by atoms with E-state index in [0.29, 0.717) is 0 Å². The van der Waals surface area contributed by atoms with Gasteiger partial charge in [-0.05, 0) is 18.8 Å². The molecule has 170 valence electrons. The Morgan fingerprint density at radius 1 is 0.621 bits per heavy atom. The van der Waals surface area contributed by atoms with Gasteiger partial charge in [0, 0.05) is 0 Å². The molecule has 0 saturated heterocycles. The Labute approximate surface area is 204 Å². The van der Waals surface area contributed by atoms with Crippen molar-refractivity contribution >= 4 is 10.4 Å². The summed E-state index contributed by atoms with van der Waals surface area (Å²) in [6, 6.07) is 0. The van der Waals surface area contributed by atoms with Gasteiger partial charge in [-0.15, -0.1) is 0 Å². The van der Waals surface area contributed by atoms with Gasteiger partial charge < -0.3 is 4.55 Å². The Morgan fingerprint density at radius 3 is 1.24 bits per heavy atom. The van der Waals surface area contributed by atoms with Crippen LogP contribution in [-0.2, 0) is 14.6 Å². The molecule has 0 amide bonds. The van der Waals surface area contributed by atoms with Crippen LogP contribution in [0.4, 0.5) is 0 Å². The minimum atomic E-state index is -4.57. The van der Waals surface area contributed by atoms with E-state index >= 15 is 0 Å². The van der Waals surface area contributed by atoms with Gasteiger partial charge in [-0.3, -0.25) is 4.18 Å². The Kier molecular flexibility index (Phi) is 26.0. The molecule has 0 N–H and O–H groups in total. The SMILES string of the molecule is CCCCCCCCCCCC(CCCCCCCCCC)COS(=O)(=O)[O-].[Na+]. The summed E-state index contributed by atoms with van der Waals surface area (Å²) in [5.41, 5.74) is 0. The average molecular weight is 443 g/mol. The van der Waals surface area contributed by atoms with E-state index in [1.807, 2.05) is 0 Å². The minimum Gasteiger partial charge on any atom is -0.726 e. The fourth-order valence-electron chi connectivity index (χ4n) is 3.80. The van der Waals surface area contributed by atoms with Crippen LogP contribution in [0.2, 0.25) is 0 Å². The number of hydrogen-bond acceptors (Lipinski definition) is 4. The van der Waals surface area contributed by atoms with Crippen molar-refractivity contribution in [1.29, 1.82) is 0 Å². The molecule has 1 unspecified atom stereocenters. The first kappa shape index (κ1) is 32.1. The largest absolute Gasteiger partial charge is 1.00 e. The van der Waals surface area contributed by atoms with Crippen LogP contribution in [0.5, 0.6) is 0 Å². The second-order valence-electron chi connectivity index (χ2n) is 8.44. The Hall–Kier alpha value is 0.870. The molecule has 0 rings (SSSR count). The molecule has 0 aromatic heterocycles. The standard InChI is InChI=1S/C23H48O4S.Na/c1-3-5-7-9-11-13-15-17-19-21-23(22-27-28(24,25)26)20-18-16-14-12-10-8-6-4-2;/h23H,3-22H2,1-2H3,(H,24,25,26);/q;+1/p-1. The van der Waals surface area contributed by atoms with Crippen molar-refractivity contribution in [2.45, 2.75) is 136 Å². The normalized spacial score (nSPS) is 12.7. The molecule has 0 aromatic rings. The van der Waals surface area contributed by atoms with Gasteiger partial charge in [-0.1, -0.05) is 123 Å². The van der Waals surface area contributed by atoms with Crippen molar-refractivity contribution < 1.29 is 46.7 Å². The fourth-order valence-corrected chi connectivity index (χ4v) is 4.16. The van der Waals surface area contributed by atoms with Gasteiger partial charge in [0.05, 0.1) is 6.61 Å². The molecule has 0 spiro atoms. The third kappa shape index (κ3) is 26.8. The summed E-state index contributed by atoms with van der Waals surface area (Å²) in [6.07, 6.45) is 23.7. The van der Waals surface area contributed by atoms with E-state index in [1.165, 1.54) is 96.3 Å². The molecular weight excluding hydrogens is 395 g/mol. The van der Waals surface area contributed by atoms with E-state index in [9.17, 15) is 13.0 Å². The zero-order valence-electron chi connectivity index (χ0n) is 19.8. The number of hydrogen-bond donors (Lipinski definition) is 0. The molecule has 0 aliphatic heterocycles. The summed E-state index contributed by atoms with van der Waals surface area (Å²) >= 11 is 0. The van der Waals surface area contributed by atoms with Crippen molar-refractivity contribution in [3.8, 4) is 0 Å². The van der Waals surface area contributed by atoms with Crippen molar-refractivity contribution in [3.63, 3.8) is 0 Å². The molecule has 0 fully saturated rings. The summed E-state index contributed by atoms with van der Waals surface area (Å²) in [5.74, 6) is 0.202. The Balaban J connectivity index is 0. The molecule has 0 aromatic carbocycles. The van der Waals surface area contributed by atoms with Crippen LogP contribution in [0.15, 0.2) is 0 Å². The van der Waals surface area contributed by atoms with Crippen molar-refractivity contribution in [3.05, 3.63) is 0 Å². The van der Waals surface area contributed by atoms with Gasteiger partial charge in [0.2, 0.25) is 10.4 Å². The topological polar surface area (TPSA) is 66.4 Å². The molecule has 0 radical (unpaired) electrons. The first-order valence-corrected chi connectivity index (χ1v) is 13.4. The molecule has 29 heavy (non-hydrogen) atoms. The third-order valence-electron chi connectivity index (χ3n) is 5.63. The van der Waals surface area contributed by atoms with Gasteiger partial charge >= 0.3 is 29.6 Å². The van der Waals surface area contributed by atoms with Gasteiger partial charge in [-0.25, -0.2) is 8.42 Å². The van der Waals surface area contributed by atoms with E-state index < -0.39 is 10.4 Å². The van der Waals surface area contributed by atoms with Crippen molar-refractivity contribution in [1.82, 2.24) is 0 Å². The Morgan fingerprint density at radius 2 is 0.931 bits per heavy atom. The van der Waals surface area contributed by atoms with Crippen LogP contribution in [-0.4, -0.2) is 19.6 Å². The summed E-state index contributed by atoms with van der Waals surface area (Å²) in [7, 11) is -4.57. The molecule has 4 nitrogen and oxygen atoms in total. The van der Waals surface area contributed by atoms with Gasteiger partial charge in [0.25, 0.3) is 0 Å². The van der Waals surface area contributed by atoms with Crippen LogP contribution >= 0.6 is 0 Å². The van der Waals surface area contributed by atoms with E-state index in [2.05, 4.69) is 18.0 Å². The zero-order valence-corrected chi connectivity index (χ0v) is 22.6. The van der Waals surface area contributed by atoms with Crippen LogP contribution < -0.4 is 29.6 Å². The monoisotopic (exact) mass is 442 g/mol. The molecular formula is C23H47NaO4S. The first-order chi connectivity index (χ1) is 13.5.